The SMILES string of the molecule is CCOC(=O)N1CCc2c(cncc2C(=O)N2CCC(C(=O)OC)CC2)C1. The third kappa shape index (κ3) is 4.04. The van der Waals surface area contributed by atoms with Gasteiger partial charge in [0, 0.05) is 32.0 Å². The molecule has 0 saturated carbocycles. The Morgan fingerprint density at radius 2 is 1.89 bits per heavy atom. The number of rotatable bonds is 3. The predicted molar refractivity (Wildman–Crippen MR) is 96.0 cm³/mol. The first-order chi connectivity index (χ1) is 13.0. The second kappa shape index (κ2) is 8.37. The molecule has 0 spiro atoms. The van der Waals surface area contributed by atoms with E-state index >= 15 is 0 Å². The van der Waals surface area contributed by atoms with E-state index in [2.05, 4.69) is 4.98 Å². The third-order valence-corrected chi connectivity index (χ3v) is 5.21. The smallest absolute Gasteiger partial charge is 0.410 e. The highest BCUT2D eigenvalue weighted by atomic mass is 16.6. The minimum Gasteiger partial charge on any atom is -0.469 e. The molecule has 3 rings (SSSR count). The molecule has 1 aromatic rings. The van der Waals surface area contributed by atoms with Crippen molar-refractivity contribution in [3.05, 3.63) is 29.1 Å². The Balaban J connectivity index is 1.70. The van der Waals surface area contributed by atoms with Crippen LogP contribution in [-0.4, -0.2) is 66.1 Å². The van der Waals surface area contributed by atoms with Gasteiger partial charge in [-0.15, -0.1) is 0 Å². The van der Waals surface area contributed by atoms with Gasteiger partial charge in [-0.2, -0.15) is 0 Å². The van der Waals surface area contributed by atoms with Crippen molar-refractivity contribution in [2.45, 2.75) is 32.7 Å². The molecular weight excluding hydrogens is 350 g/mol. The highest BCUT2D eigenvalue weighted by Gasteiger charge is 2.31. The Hall–Kier alpha value is -2.64. The molecule has 0 atom stereocenters. The van der Waals surface area contributed by atoms with Gasteiger partial charge in [0.2, 0.25) is 0 Å². The van der Waals surface area contributed by atoms with Crippen molar-refractivity contribution >= 4 is 18.0 Å². The van der Waals surface area contributed by atoms with Gasteiger partial charge < -0.3 is 19.3 Å². The summed E-state index contributed by atoms with van der Waals surface area (Å²) in [7, 11) is 1.39. The van der Waals surface area contributed by atoms with Crippen LogP contribution in [0.1, 0.15) is 41.3 Å². The van der Waals surface area contributed by atoms with E-state index in [1.807, 2.05) is 0 Å². The Bertz CT molecular complexity index is 728. The van der Waals surface area contributed by atoms with Gasteiger partial charge in [-0.1, -0.05) is 0 Å². The predicted octanol–water partition coefficient (Wildman–Crippen LogP) is 1.62. The molecule has 0 N–H and O–H groups in total. The van der Waals surface area contributed by atoms with Crippen LogP contribution < -0.4 is 0 Å². The summed E-state index contributed by atoms with van der Waals surface area (Å²) in [5.74, 6) is -0.410. The lowest BCUT2D eigenvalue weighted by molar-refractivity contribution is -0.146. The Morgan fingerprint density at radius 3 is 2.56 bits per heavy atom. The average molecular weight is 375 g/mol. The minimum atomic E-state index is -0.343. The normalized spacial score (nSPS) is 17.3. The van der Waals surface area contributed by atoms with Gasteiger partial charge >= 0.3 is 12.1 Å². The summed E-state index contributed by atoms with van der Waals surface area (Å²) in [6, 6.07) is 0. The maximum Gasteiger partial charge on any atom is 0.410 e. The molecule has 2 aliphatic rings. The van der Waals surface area contributed by atoms with E-state index in [0.717, 1.165) is 11.1 Å². The molecule has 1 saturated heterocycles. The van der Waals surface area contributed by atoms with Crippen molar-refractivity contribution in [2.75, 3.05) is 33.4 Å². The van der Waals surface area contributed by atoms with Crippen LogP contribution in [0, 0.1) is 5.92 Å². The quantitative estimate of drug-likeness (QED) is 0.746. The molecule has 2 amide bonds. The molecule has 0 radical (unpaired) electrons. The van der Waals surface area contributed by atoms with Gasteiger partial charge in [-0.25, -0.2) is 4.79 Å². The van der Waals surface area contributed by atoms with Crippen LogP contribution in [0.5, 0.6) is 0 Å². The van der Waals surface area contributed by atoms with Gasteiger partial charge in [0.15, 0.2) is 0 Å². The van der Waals surface area contributed by atoms with E-state index in [4.69, 9.17) is 9.47 Å². The number of likely N-dealkylation sites (tertiary alicyclic amines) is 1. The van der Waals surface area contributed by atoms with Gasteiger partial charge in [-0.05, 0) is 37.3 Å². The monoisotopic (exact) mass is 375 g/mol. The number of nitrogens with zero attached hydrogens (tertiary/aromatic N) is 3. The summed E-state index contributed by atoms with van der Waals surface area (Å²) in [5, 5.41) is 0. The Kier molecular flexibility index (Phi) is 5.93. The van der Waals surface area contributed by atoms with E-state index in [1.165, 1.54) is 7.11 Å². The number of hydrogen-bond acceptors (Lipinski definition) is 6. The fourth-order valence-electron chi connectivity index (χ4n) is 3.70. The number of ether oxygens (including phenoxy) is 2. The number of aromatic nitrogens is 1. The zero-order valence-electron chi connectivity index (χ0n) is 15.8. The summed E-state index contributed by atoms with van der Waals surface area (Å²) >= 11 is 0. The van der Waals surface area contributed by atoms with Crippen LogP contribution in [-0.2, 0) is 27.2 Å². The maximum atomic E-state index is 13.0. The number of esters is 1. The second-order valence-corrected chi connectivity index (χ2v) is 6.78. The maximum absolute atomic E-state index is 13.0. The van der Waals surface area contributed by atoms with Crippen molar-refractivity contribution in [2.24, 2.45) is 5.92 Å². The summed E-state index contributed by atoms with van der Waals surface area (Å²) in [6.45, 7) is 4.07. The van der Waals surface area contributed by atoms with Crippen LogP contribution in [0.4, 0.5) is 4.79 Å². The standard InChI is InChI=1S/C19H25N3O5/c1-3-27-19(25)22-9-6-15-14(12-22)10-20-11-16(15)17(23)21-7-4-13(5-8-21)18(24)26-2/h10-11,13H,3-9,12H2,1-2H3. The van der Waals surface area contributed by atoms with E-state index < -0.39 is 0 Å². The number of methoxy groups -OCH3 is 1. The van der Waals surface area contributed by atoms with Crippen molar-refractivity contribution in [3.63, 3.8) is 0 Å². The molecule has 0 aromatic carbocycles. The van der Waals surface area contributed by atoms with Crippen LogP contribution in [0.2, 0.25) is 0 Å². The lowest BCUT2D eigenvalue weighted by Gasteiger charge is -2.33. The number of carbonyl (C=O) groups is 3. The van der Waals surface area contributed by atoms with E-state index in [1.54, 1.807) is 29.1 Å². The van der Waals surface area contributed by atoms with E-state index in [9.17, 15) is 14.4 Å². The zero-order chi connectivity index (χ0) is 19.4. The second-order valence-electron chi connectivity index (χ2n) is 6.78. The summed E-state index contributed by atoms with van der Waals surface area (Å²) < 4.78 is 9.86. The summed E-state index contributed by atoms with van der Waals surface area (Å²) in [6.07, 6.45) is 4.78. The highest BCUT2D eigenvalue weighted by Crippen LogP contribution is 2.25. The number of carbonyl (C=O) groups excluding carboxylic acids is 3. The highest BCUT2D eigenvalue weighted by molar-refractivity contribution is 5.96. The summed E-state index contributed by atoms with van der Waals surface area (Å²) in [4.78, 5) is 44.2. The van der Waals surface area contributed by atoms with E-state index in [0.29, 0.717) is 57.6 Å². The Labute approximate surface area is 158 Å². The van der Waals surface area contributed by atoms with Crippen molar-refractivity contribution in [1.29, 1.82) is 0 Å². The van der Waals surface area contributed by atoms with Gasteiger partial charge in [0.25, 0.3) is 5.91 Å². The lowest BCUT2D eigenvalue weighted by atomic mass is 9.94. The number of amides is 2. The number of hydrogen-bond donors (Lipinski definition) is 0. The number of piperidine rings is 1. The van der Waals surface area contributed by atoms with Crippen molar-refractivity contribution in [3.8, 4) is 0 Å². The Morgan fingerprint density at radius 1 is 1.15 bits per heavy atom. The van der Waals surface area contributed by atoms with Gasteiger partial charge in [0.05, 0.1) is 31.7 Å². The molecule has 146 valence electrons. The molecule has 0 unspecified atom stereocenters. The molecule has 1 aromatic heterocycles. The number of pyridine rings is 1. The van der Waals surface area contributed by atoms with Crippen LogP contribution >= 0.6 is 0 Å². The molecule has 1 fully saturated rings. The molecule has 8 heteroatoms. The van der Waals surface area contributed by atoms with Crippen molar-refractivity contribution in [1.82, 2.24) is 14.8 Å². The lowest BCUT2D eigenvalue weighted by Crippen LogP contribution is -2.42. The molecular formula is C19H25N3O5. The van der Waals surface area contributed by atoms with Gasteiger partial charge in [0.1, 0.15) is 0 Å². The van der Waals surface area contributed by atoms with Crippen LogP contribution in [0.3, 0.4) is 0 Å². The molecule has 3 heterocycles. The molecule has 0 aliphatic carbocycles. The molecule has 0 bridgehead atoms. The molecule has 27 heavy (non-hydrogen) atoms. The van der Waals surface area contributed by atoms with Crippen molar-refractivity contribution < 1.29 is 23.9 Å². The van der Waals surface area contributed by atoms with Crippen LogP contribution in [0.25, 0.3) is 0 Å². The fourth-order valence-corrected chi connectivity index (χ4v) is 3.70. The van der Waals surface area contributed by atoms with Crippen LogP contribution in [0.15, 0.2) is 12.4 Å². The first-order valence-electron chi connectivity index (χ1n) is 9.29. The summed E-state index contributed by atoms with van der Waals surface area (Å²) in [5.41, 5.74) is 2.42. The first-order valence-corrected chi connectivity index (χ1v) is 9.29. The van der Waals surface area contributed by atoms with Gasteiger partial charge in [-0.3, -0.25) is 14.6 Å². The average Bonchev–Trinajstić information content (AvgIpc) is 2.72. The largest absolute Gasteiger partial charge is 0.469 e. The topological polar surface area (TPSA) is 89.0 Å². The third-order valence-electron chi connectivity index (χ3n) is 5.21. The number of fused-ring (bicyclic) bond motifs is 1. The minimum absolute atomic E-state index is 0.0627. The molecule has 2 aliphatic heterocycles. The zero-order valence-corrected chi connectivity index (χ0v) is 15.8. The van der Waals surface area contributed by atoms with E-state index in [-0.39, 0.29) is 23.9 Å². The molecule has 8 nitrogen and oxygen atoms in total. The first kappa shape index (κ1) is 19.1. The fraction of sp³-hybridized carbons (Fsp3) is 0.579.